The van der Waals surface area contributed by atoms with Gasteiger partial charge in [-0.2, -0.15) is 0 Å². The molecule has 0 atom stereocenters. The van der Waals surface area contributed by atoms with Gasteiger partial charge in [-0.3, -0.25) is 0 Å². The molecule has 0 aromatic carbocycles. The molecule has 0 bridgehead atoms. The molecule has 1 N–H and O–H groups in total. The van der Waals surface area contributed by atoms with Gasteiger partial charge in [0, 0.05) is 11.6 Å². The quantitative estimate of drug-likeness (QED) is 0.772. The molecule has 0 unspecified atom stereocenters. The number of hydrogen-bond acceptors (Lipinski definition) is 4. The first-order valence-electron chi connectivity index (χ1n) is 3.06. The SMILES string of the molecule is O=S(=O)(CCl)NCc1nccs1. The Hall–Kier alpha value is -0.170. The van der Waals surface area contributed by atoms with Crippen LogP contribution in [0, 0.1) is 0 Å². The van der Waals surface area contributed by atoms with Crippen molar-refractivity contribution in [3.05, 3.63) is 16.6 Å². The van der Waals surface area contributed by atoms with Gasteiger partial charge in [0.05, 0.1) is 6.54 Å². The maximum Gasteiger partial charge on any atom is 0.226 e. The second-order valence-electron chi connectivity index (χ2n) is 1.97. The van der Waals surface area contributed by atoms with E-state index in [0.717, 1.165) is 5.01 Å². The predicted molar refractivity (Wildman–Crippen MR) is 48.6 cm³/mol. The van der Waals surface area contributed by atoms with E-state index in [1.165, 1.54) is 11.3 Å². The number of hydrogen-bond donors (Lipinski definition) is 1. The number of sulfonamides is 1. The molecule has 0 aliphatic carbocycles. The lowest BCUT2D eigenvalue weighted by Crippen LogP contribution is -2.23. The van der Waals surface area contributed by atoms with Crippen LogP contribution >= 0.6 is 22.9 Å². The van der Waals surface area contributed by atoms with Crippen LogP contribution in [0.2, 0.25) is 0 Å². The standard InChI is InChI=1S/C5H7ClN2O2S2/c6-4-12(9,10)8-3-5-7-1-2-11-5/h1-2,8H,3-4H2. The van der Waals surface area contributed by atoms with E-state index in [1.807, 2.05) is 0 Å². The fourth-order valence-corrected chi connectivity index (χ4v) is 1.86. The summed E-state index contributed by atoms with van der Waals surface area (Å²) in [4.78, 5) is 3.90. The molecule has 1 rings (SSSR count). The molecule has 0 amide bonds. The van der Waals surface area contributed by atoms with Crippen LogP contribution in [0.5, 0.6) is 0 Å². The van der Waals surface area contributed by atoms with Crippen molar-refractivity contribution in [3.8, 4) is 0 Å². The number of nitrogens with zero attached hydrogens (tertiary/aromatic N) is 1. The maximum atomic E-state index is 10.8. The van der Waals surface area contributed by atoms with Crippen molar-refractivity contribution in [2.24, 2.45) is 0 Å². The van der Waals surface area contributed by atoms with Gasteiger partial charge in [0.25, 0.3) is 0 Å². The third-order valence-electron chi connectivity index (χ3n) is 1.07. The highest BCUT2D eigenvalue weighted by atomic mass is 35.5. The monoisotopic (exact) mass is 226 g/mol. The number of halogens is 1. The van der Waals surface area contributed by atoms with E-state index in [9.17, 15) is 8.42 Å². The molecule has 0 aliphatic rings. The summed E-state index contributed by atoms with van der Waals surface area (Å²) in [5, 5.41) is 2.09. The van der Waals surface area contributed by atoms with Crippen LogP contribution in [0.4, 0.5) is 0 Å². The van der Waals surface area contributed by atoms with Gasteiger partial charge in [0.2, 0.25) is 10.0 Å². The van der Waals surface area contributed by atoms with Crippen LogP contribution in [0.25, 0.3) is 0 Å². The van der Waals surface area contributed by atoms with E-state index >= 15 is 0 Å². The molecule has 0 saturated heterocycles. The van der Waals surface area contributed by atoms with Gasteiger partial charge in [-0.05, 0) is 0 Å². The topological polar surface area (TPSA) is 59.1 Å². The zero-order valence-corrected chi connectivity index (χ0v) is 8.42. The van der Waals surface area contributed by atoms with Crippen molar-refractivity contribution in [1.82, 2.24) is 9.71 Å². The van der Waals surface area contributed by atoms with Crippen LogP contribution in [-0.4, -0.2) is 18.6 Å². The summed E-state index contributed by atoms with van der Waals surface area (Å²) in [6.07, 6.45) is 1.62. The van der Waals surface area contributed by atoms with Gasteiger partial charge in [-0.1, -0.05) is 0 Å². The molecule has 0 spiro atoms. The van der Waals surface area contributed by atoms with Crippen molar-refractivity contribution in [2.75, 3.05) is 5.21 Å². The van der Waals surface area contributed by atoms with Crippen LogP contribution < -0.4 is 4.72 Å². The summed E-state index contributed by atoms with van der Waals surface area (Å²) in [5.74, 6) is 0. The molecule has 68 valence electrons. The van der Waals surface area contributed by atoms with Crippen molar-refractivity contribution in [2.45, 2.75) is 6.54 Å². The maximum absolute atomic E-state index is 10.8. The number of nitrogens with one attached hydrogen (secondary N) is 1. The first-order valence-corrected chi connectivity index (χ1v) is 6.12. The van der Waals surface area contributed by atoms with E-state index in [4.69, 9.17) is 11.6 Å². The fraction of sp³-hybridized carbons (Fsp3) is 0.400. The van der Waals surface area contributed by atoms with Gasteiger partial charge in [-0.25, -0.2) is 18.1 Å². The van der Waals surface area contributed by atoms with E-state index in [1.54, 1.807) is 11.6 Å². The van der Waals surface area contributed by atoms with E-state index in [-0.39, 0.29) is 6.54 Å². The third-order valence-corrected chi connectivity index (χ3v) is 3.58. The van der Waals surface area contributed by atoms with Gasteiger partial charge < -0.3 is 0 Å². The average Bonchev–Trinajstić information content (AvgIpc) is 2.53. The van der Waals surface area contributed by atoms with Crippen LogP contribution in [0.15, 0.2) is 11.6 Å². The summed E-state index contributed by atoms with van der Waals surface area (Å²) in [6.45, 7) is 0.215. The van der Waals surface area contributed by atoms with E-state index < -0.39 is 15.2 Å². The number of thiazole rings is 1. The minimum Gasteiger partial charge on any atom is -0.248 e. The second kappa shape index (κ2) is 4.18. The molecular formula is C5H7ClN2O2S2. The van der Waals surface area contributed by atoms with Gasteiger partial charge >= 0.3 is 0 Å². The molecular weight excluding hydrogens is 220 g/mol. The molecule has 0 radical (unpaired) electrons. The highest BCUT2D eigenvalue weighted by molar-refractivity contribution is 7.90. The molecule has 1 aromatic rings. The van der Waals surface area contributed by atoms with Gasteiger partial charge in [0.15, 0.2) is 0 Å². The number of alkyl halides is 1. The number of rotatable bonds is 4. The Kier molecular flexibility index (Phi) is 3.45. The Morgan fingerprint density at radius 1 is 1.67 bits per heavy atom. The Balaban J connectivity index is 2.47. The summed E-state index contributed by atoms with van der Waals surface area (Å²) in [5.41, 5.74) is 0. The number of aromatic nitrogens is 1. The molecule has 0 aliphatic heterocycles. The molecule has 7 heteroatoms. The Bertz CT molecular complexity index is 321. The lowest BCUT2D eigenvalue weighted by atomic mass is 10.7. The molecule has 0 fully saturated rings. The highest BCUT2D eigenvalue weighted by Gasteiger charge is 2.07. The van der Waals surface area contributed by atoms with Crippen LogP contribution in [0.3, 0.4) is 0 Å². The van der Waals surface area contributed by atoms with Crippen molar-refractivity contribution >= 4 is 33.0 Å². The molecule has 1 aromatic heterocycles. The Labute approximate surface area is 79.6 Å². The average molecular weight is 227 g/mol. The summed E-state index contributed by atoms with van der Waals surface area (Å²) in [7, 11) is -3.31. The molecule has 1 heterocycles. The van der Waals surface area contributed by atoms with Gasteiger partial charge in [-0.15, -0.1) is 22.9 Å². The molecule has 4 nitrogen and oxygen atoms in total. The lowest BCUT2D eigenvalue weighted by molar-refractivity contribution is 0.586. The van der Waals surface area contributed by atoms with Crippen molar-refractivity contribution < 1.29 is 8.42 Å². The normalized spacial score (nSPS) is 11.8. The fourth-order valence-electron chi connectivity index (χ4n) is 0.551. The zero-order chi connectivity index (χ0) is 9.03. The lowest BCUT2D eigenvalue weighted by Gasteiger charge is -1.99. The minimum atomic E-state index is -3.31. The first-order chi connectivity index (χ1) is 5.64. The van der Waals surface area contributed by atoms with E-state index in [0.29, 0.717) is 0 Å². The smallest absolute Gasteiger partial charge is 0.226 e. The molecule has 12 heavy (non-hydrogen) atoms. The molecule has 0 saturated carbocycles. The van der Waals surface area contributed by atoms with Crippen LogP contribution in [0.1, 0.15) is 5.01 Å². The first kappa shape index (κ1) is 9.91. The predicted octanol–water partition coefficient (Wildman–Crippen LogP) is 0.759. The Morgan fingerprint density at radius 2 is 2.42 bits per heavy atom. The van der Waals surface area contributed by atoms with Crippen molar-refractivity contribution in [1.29, 1.82) is 0 Å². The summed E-state index contributed by atoms with van der Waals surface area (Å²) < 4.78 is 24.0. The van der Waals surface area contributed by atoms with E-state index in [2.05, 4.69) is 9.71 Å². The summed E-state index contributed by atoms with van der Waals surface area (Å²) >= 11 is 6.56. The summed E-state index contributed by atoms with van der Waals surface area (Å²) in [6, 6.07) is 0. The second-order valence-corrected chi connectivity index (χ2v) is 5.34. The van der Waals surface area contributed by atoms with Crippen LogP contribution in [-0.2, 0) is 16.6 Å². The largest absolute Gasteiger partial charge is 0.248 e. The minimum absolute atomic E-state index is 0.215. The van der Waals surface area contributed by atoms with Gasteiger partial charge in [0.1, 0.15) is 10.2 Å². The van der Waals surface area contributed by atoms with Crippen molar-refractivity contribution in [3.63, 3.8) is 0 Å². The zero-order valence-electron chi connectivity index (χ0n) is 6.03. The highest BCUT2D eigenvalue weighted by Crippen LogP contribution is 2.03. The third kappa shape index (κ3) is 3.06. The Morgan fingerprint density at radius 3 is 2.92 bits per heavy atom.